The number of aryl methyl sites for hydroxylation is 2. The van der Waals surface area contributed by atoms with E-state index in [1.165, 1.54) is 7.11 Å². The molecule has 0 aliphatic carbocycles. The Labute approximate surface area is 126 Å². The van der Waals surface area contributed by atoms with Gasteiger partial charge < -0.3 is 15.4 Å². The molecule has 1 aromatic rings. The molecule has 0 aromatic heterocycles. The van der Waals surface area contributed by atoms with Crippen molar-refractivity contribution >= 4 is 17.7 Å². The lowest BCUT2D eigenvalue weighted by Crippen LogP contribution is -2.47. The van der Waals surface area contributed by atoms with Crippen LogP contribution in [0.1, 0.15) is 31.4 Å². The van der Waals surface area contributed by atoms with Gasteiger partial charge in [0, 0.05) is 5.69 Å². The average Bonchev–Trinajstić information content (AvgIpc) is 2.47. The molecule has 2 amide bonds. The number of ether oxygens (including phenoxy) is 1. The topological polar surface area (TPSA) is 67.4 Å². The predicted molar refractivity (Wildman–Crippen MR) is 83.3 cm³/mol. The molecule has 21 heavy (non-hydrogen) atoms. The summed E-state index contributed by atoms with van der Waals surface area (Å²) >= 11 is 0. The number of methoxy groups -OCH3 is 1. The van der Waals surface area contributed by atoms with Crippen LogP contribution in [0.2, 0.25) is 0 Å². The van der Waals surface area contributed by atoms with Gasteiger partial charge in [-0.25, -0.2) is 9.59 Å². The zero-order valence-electron chi connectivity index (χ0n) is 13.3. The van der Waals surface area contributed by atoms with Crippen LogP contribution in [0.4, 0.5) is 10.5 Å². The lowest BCUT2D eigenvalue weighted by Gasteiger charge is -2.22. The summed E-state index contributed by atoms with van der Waals surface area (Å²) < 4.78 is 4.74. The molecule has 2 unspecified atom stereocenters. The van der Waals surface area contributed by atoms with Gasteiger partial charge in [-0.1, -0.05) is 26.3 Å². The number of rotatable bonds is 5. The summed E-state index contributed by atoms with van der Waals surface area (Å²) in [6.45, 7) is 7.85. The molecule has 0 fully saturated rings. The molecule has 5 heteroatoms. The zero-order valence-corrected chi connectivity index (χ0v) is 13.3. The Hall–Kier alpha value is -2.04. The van der Waals surface area contributed by atoms with E-state index >= 15 is 0 Å². The number of hydrogen-bond donors (Lipinski definition) is 2. The van der Waals surface area contributed by atoms with E-state index in [9.17, 15) is 9.59 Å². The van der Waals surface area contributed by atoms with Crippen LogP contribution in [0.15, 0.2) is 18.2 Å². The van der Waals surface area contributed by atoms with Gasteiger partial charge in [-0.15, -0.1) is 0 Å². The van der Waals surface area contributed by atoms with E-state index in [1.807, 2.05) is 45.9 Å². The van der Waals surface area contributed by atoms with Gasteiger partial charge in [-0.2, -0.15) is 0 Å². The number of carbonyl (C=O) groups is 2. The van der Waals surface area contributed by atoms with Gasteiger partial charge in [0.05, 0.1) is 7.11 Å². The van der Waals surface area contributed by atoms with Crippen molar-refractivity contribution in [1.82, 2.24) is 5.32 Å². The maximum Gasteiger partial charge on any atom is 0.328 e. The van der Waals surface area contributed by atoms with Crippen molar-refractivity contribution in [3.05, 3.63) is 29.3 Å². The van der Waals surface area contributed by atoms with Crippen LogP contribution in [-0.2, 0) is 9.53 Å². The molecule has 0 spiro atoms. The maximum absolute atomic E-state index is 12.0. The third kappa shape index (κ3) is 4.77. The quantitative estimate of drug-likeness (QED) is 0.820. The molecule has 1 aromatic carbocycles. The van der Waals surface area contributed by atoms with Crippen molar-refractivity contribution in [3.63, 3.8) is 0 Å². The maximum atomic E-state index is 12.0. The fourth-order valence-electron chi connectivity index (χ4n) is 1.92. The number of amides is 2. The van der Waals surface area contributed by atoms with Gasteiger partial charge in [-0.3, -0.25) is 0 Å². The summed E-state index contributed by atoms with van der Waals surface area (Å²) in [5.74, 6) is -0.428. The summed E-state index contributed by atoms with van der Waals surface area (Å²) in [6, 6.07) is 4.61. The van der Waals surface area contributed by atoms with Crippen LogP contribution in [0, 0.1) is 19.8 Å². The van der Waals surface area contributed by atoms with Crippen molar-refractivity contribution in [1.29, 1.82) is 0 Å². The molecule has 0 aliphatic heterocycles. The first-order valence-corrected chi connectivity index (χ1v) is 7.11. The Kier molecular flexibility index (Phi) is 6.21. The smallest absolute Gasteiger partial charge is 0.328 e. The molecule has 1 rings (SSSR count). The Balaban J connectivity index is 2.73. The second-order valence-corrected chi connectivity index (χ2v) is 5.28. The normalized spacial score (nSPS) is 13.2. The Bertz CT molecular complexity index is 514. The number of hydrogen-bond acceptors (Lipinski definition) is 3. The van der Waals surface area contributed by atoms with E-state index in [1.54, 1.807) is 0 Å². The minimum absolute atomic E-state index is 0.00274. The second-order valence-electron chi connectivity index (χ2n) is 5.28. The molecule has 0 saturated heterocycles. The van der Waals surface area contributed by atoms with E-state index in [4.69, 9.17) is 4.74 Å². The van der Waals surface area contributed by atoms with E-state index in [-0.39, 0.29) is 5.92 Å². The standard InChI is InChI=1S/C16H24N2O3/c1-6-10(2)14(15(19)21-5)18-16(20)17-13-8-7-11(3)12(4)9-13/h7-10,14H,6H2,1-5H3,(H2,17,18,20). The minimum Gasteiger partial charge on any atom is -0.467 e. The molecule has 5 nitrogen and oxygen atoms in total. The summed E-state index contributed by atoms with van der Waals surface area (Å²) in [4.78, 5) is 23.8. The number of anilines is 1. The number of carbonyl (C=O) groups excluding carboxylic acids is 2. The Morgan fingerprint density at radius 3 is 2.43 bits per heavy atom. The lowest BCUT2D eigenvalue weighted by molar-refractivity contribution is -0.144. The van der Waals surface area contributed by atoms with Crippen molar-refractivity contribution in [2.45, 2.75) is 40.2 Å². The summed E-state index contributed by atoms with van der Waals surface area (Å²) in [7, 11) is 1.32. The fraction of sp³-hybridized carbons (Fsp3) is 0.500. The highest BCUT2D eigenvalue weighted by Crippen LogP contribution is 2.14. The molecular formula is C16H24N2O3. The predicted octanol–water partition coefficient (Wildman–Crippen LogP) is 3.01. The first-order chi connectivity index (χ1) is 9.88. The van der Waals surface area contributed by atoms with Gasteiger partial charge in [-0.05, 0) is 43.0 Å². The van der Waals surface area contributed by atoms with Crippen LogP contribution >= 0.6 is 0 Å². The first-order valence-electron chi connectivity index (χ1n) is 7.11. The molecule has 0 heterocycles. The molecule has 2 atom stereocenters. The van der Waals surface area contributed by atoms with E-state index < -0.39 is 18.0 Å². The van der Waals surface area contributed by atoms with Crippen LogP contribution in [-0.4, -0.2) is 25.2 Å². The van der Waals surface area contributed by atoms with E-state index in [0.717, 1.165) is 17.5 Å². The molecule has 0 saturated carbocycles. The molecule has 2 N–H and O–H groups in total. The molecule has 0 radical (unpaired) electrons. The van der Waals surface area contributed by atoms with E-state index in [2.05, 4.69) is 10.6 Å². The SMILES string of the molecule is CCC(C)C(NC(=O)Nc1ccc(C)c(C)c1)C(=O)OC. The number of esters is 1. The zero-order chi connectivity index (χ0) is 16.0. The third-order valence-electron chi connectivity index (χ3n) is 3.72. The van der Waals surface area contributed by atoms with Crippen LogP contribution in [0.3, 0.4) is 0 Å². The van der Waals surface area contributed by atoms with Gasteiger partial charge in [0.1, 0.15) is 6.04 Å². The largest absolute Gasteiger partial charge is 0.467 e. The van der Waals surface area contributed by atoms with Crippen LogP contribution < -0.4 is 10.6 Å². The monoisotopic (exact) mass is 292 g/mol. The number of urea groups is 1. The molecule has 0 bridgehead atoms. The highest BCUT2D eigenvalue weighted by molar-refractivity contribution is 5.92. The summed E-state index contributed by atoms with van der Waals surface area (Å²) in [6.07, 6.45) is 0.768. The van der Waals surface area contributed by atoms with Gasteiger partial charge in [0.25, 0.3) is 0 Å². The third-order valence-corrected chi connectivity index (χ3v) is 3.72. The van der Waals surface area contributed by atoms with Crippen molar-refractivity contribution in [2.24, 2.45) is 5.92 Å². The van der Waals surface area contributed by atoms with Gasteiger partial charge >= 0.3 is 12.0 Å². The van der Waals surface area contributed by atoms with Crippen LogP contribution in [0.5, 0.6) is 0 Å². The second kappa shape index (κ2) is 7.67. The van der Waals surface area contributed by atoms with Gasteiger partial charge in [0.2, 0.25) is 0 Å². The molecular weight excluding hydrogens is 268 g/mol. The summed E-state index contributed by atoms with van der Waals surface area (Å²) in [5, 5.41) is 5.42. The summed E-state index contributed by atoms with van der Waals surface area (Å²) in [5.41, 5.74) is 2.95. The van der Waals surface area contributed by atoms with E-state index in [0.29, 0.717) is 5.69 Å². The number of nitrogens with one attached hydrogen (secondary N) is 2. The van der Waals surface area contributed by atoms with Gasteiger partial charge in [0.15, 0.2) is 0 Å². The molecule has 0 aliphatic rings. The Morgan fingerprint density at radius 1 is 1.24 bits per heavy atom. The first kappa shape index (κ1) is 17.0. The average molecular weight is 292 g/mol. The Morgan fingerprint density at radius 2 is 1.90 bits per heavy atom. The van der Waals surface area contributed by atoms with Crippen molar-refractivity contribution < 1.29 is 14.3 Å². The highest BCUT2D eigenvalue weighted by Gasteiger charge is 2.26. The van der Waals surface area contributed by atoms with Crippen molar-refractivity contribution in [3.8, 4) is 0 Å². The fourth-order valence-corrected chi connectivity index (χ4v) is 1.92. The minimum atomic E-state index is -0.647. The molecule has 116 valence electrons. The number of benzene rings is 1. The van der Waals surface area contributed by atoms with Crippen LogP contribution in [0.25, 0.3) is 0 Å². The lowest BCUT2D eigenvalue weighted by atomic mass is 9.99. The van der Waals surface area contributed by atoms with Crippen molar-refractivity contribution in [2.75, 3.05) is 12.4 Å². The highest BCUT2D eigenvalue weighted by atomic mass is 16.5.